The number of halogens is 1. The second-order valence-electron chi connectivity index (χ2n) is 9.02. The predicted molar refractivity (Wildman–Crippen MR) is 103 cm³/mol. The molecular formula is C20H26ClNO4S. The van der Waals surface area contributed by atoms with E-state index in [2.05, 4.69) is 0 Å². The molecule has 4 saturated carbocycles. The van der Waals surface area contributed by atoms with E-state index in [1.54, 1.807) is 18.2 Å². The van der Waals surface area contributed by atoms with Gasteiger partial charge in [0.1, 0.15) is 4.90 Å². The van der Waals surface area contributed by atoms with Crippen LogP contribution in [0.1, 0.15) is 44.1 Å². The van der Waals surface area contributed by atoms with E-state index >= 15 is 0 Å². The first-order valence-electron chi connectivity index (χ1n) is 9.47. The number of rotatable bonds is 4. The van der Waals surface area contributed by atoms with E-state index in [4.69, 9.17) is 16.3 Å². The second-order valence-corrected chi connectivity index (χ2v) is 11.9. The standard InChI is InChI=1S/C20H26ClNO4S/c1-13-4-5-16(17(6-13)27(24,25)22(2)3)26-18(23)19-8-14-7-15(9-19)11-20(21,10-14)12-19/h4-6,14-15H,7-12H2,1-3H3/t14-,15-,19?,20?/m0/s1. The zero-order valence-electron chi connectivity index (χ0n) is 16.0. The fourth-order valence-electron chi connectivity index (χ4n) is 5.70. The minimum absolute atomic E-state index is 0.0335. The zero-order valence-corrected chi connectivity index (χ0v) is 17.6. The monoisotopic (exact) mass is 411 g/mol. The predicted octanol–water partition coefficient (Wildman–Crippen LogP) is 3.73. The molecule has 4 aliphatic rings. The van der Waals surface area contributed by atoms with Crippen LogP contribution in [0, 0.1) is 24.2 Å². The summed E-state index contributed by atoms with van der Waals surface area (Å²) in [6, 6.07) is 4.90. The second kappa shape index (κ2) is 6.19. The van der Waals surface area contributed by atoms with Gasteiger partial charge in [0, 0.05) is 19.0 Å². The normalized spacial score (nSPS) is 34.9. The molecular weight excluding hydrogens is 386 g/mol. The van der Waals surface area contributed by atoms with Gasteiger partial charge < -0.3 is 4.74 Å². The molecule has 0 radical (unpaired) electrons. The quantitative estimate of drug-likeness (QED) is 0.430. The first-order chi connectivity index (χ1) is 12.5. The van der Waals surface area contributed by atoms with Crippen molar-refractivity contribution in [1.29, 1.82) is 0 Å². The van der Waals surface area contributed by atoms with Gasteiger partial charge in [0.2, 0.25) is 10.0 Å². The van der Waals surface area contributed by atoms with Crippen molar-refractivity contribution in [3.05, 3.63) is 23.8 Å². The molecule has 4 fully saturated rings. The summed E-state index contributed by atoms with van der Waals surface area (Å²) in [5, 5.41) is 0. The average Bonchev–Trinajstić information content (AvgIpc) is 2.53. The summed E-state index contributed by atoms with van der Waals surface area (Å²) in [5.74, 6) is 0.734. The number of hydrogen-bond donors (Lipinski definition) is 0. The number of sulfonamides is 1. The Kier molecular flexibility index (Phi) is 4.41. The van der Waals surface area contributed by atoms with Gasteiger partial charge in [0.25, 0.3) is 0 Å². The number of hydrogen-bond acceptors (Lipinski definition) is 4. The van der Waals surface area contributed by atoms with Gasteiger partial charge >= 0.3 is 5.97 Å². The van der Waals surface area contributed by atoms with Gasteiger partial charge in [0.05, 0.1) is 5.41 Å². The van der Waals surface area contributed by atoms with Gasteiger partial charge in [0.15, 0.2) is 5.75 Å². The van der Waals surface area contributed by atoms with Gasteiger partial charge in [-0.15, -0.1) is 11.6 Å². The average molecular weight is 412 g/mol. The first-order valence-corrected chi connectivity index (χ1v) is 11.3. The van der Waals surface area contributed by atoms with Crippen molar-refractivity contribution in [1.82, 2.24) is 4.31 Å². The largest absolute Gasteiger partial charge is 0.425 e. The maximum Gasteiger partial charge on any atom is 0.317 e. The highest BCUT2D eigenvalue weighted by Crippen LogP contribution is 2.64. The minimum atomic E-state index is -3.71. The van der Waals surface area contributed by atoms with Crippen molar-refractivity contribution >= 4 is 27.6 Å². The first kappa shape index (κ1) is 19.2. The molecule has 0 heterocycles. The van der Waals surface area contributed by atoms with E-state index in [0.29, 0.717) is 18.3 Å². The van der Waals surface area contributed by atoms with E-state index in [-0.39, 0.29) is 21.5 Å². The molecule has 27 heavy (non-hydrogen) atoms. The van der Waals surface area contributed by atoms with E-state index < -0.39 is 15.4 Å². The molecule has 0 aliphatic heterocycles. The fourth-order valence-corrected chi connectivity index (χ4v) is 7.48. The van der Waals surface area contributed by atoms with Crippen molar-refractivity contribution in [2.45, 2.75) is 55.2 Å². The summed E-state index contributed by atoms with van der Waals surface area (Å²) in [6.45, 7) is 1.82. The molecule has 0 saturated heterocycles. The van der Waals surface area contributed by atoms with E-state index in [0.717, 1.165) is 42.0 Å². The van der Waals surface area contributed by atoms with Gasteiger partial charge in [-0.2, -0.15) is 0 Å². The van der Waals surface area contributed by atoms with E-state index in [9.17, 15) is 13.2 Å². The molecule has 7 heteroatoms. The number of esters is 1. The van der Waals surface area contributed by atoms with E-state index in [1.807, 2.05) is 6.92 Å². The van der Waals surface area contributed by atoms with Crippen LogP contribution >= 0.6 is 11.6 Å². The Hall–Kier alpha value is -1.11. The van der Waals surface area contributed by atoms with Crippen molar-refractivity contribution in [3.8, 4) is 5.75 Å². The van der Waals surface area contributed by atoms with Crippen LogP contribution in [0.25, 0.3) is 0 Å². The van der Waals surface area contributed by atoms with Crippen LogP contribution < -0.4 is 4.74 Å². The van der Waals surface area contributed by atoms with Crippen LogP contribution in [0.3, 0.4) is 0 Å². The topological polar surface area (TPSA) is 63.7 Å². The number of ether oxygens (including phenoxy) is 1. The number of carbonyl (C=O) groups is 1. The van der Waals surface area contributed by atoms with Gasteiger partial charge in [-0.3, -0.25) is 4.79 Å². The highest BCUT2D eigenvalue weighted by molar-refractivity contribution is 7.89. The van der Waals surface area contributed by atoms with Gasteiger partial charge in [-0.1, -0.05) is 6.07 Å². The molecule has 148 valence electrons. The Balaban J connectivity index is 1.67. The molecule has 1 aromatic rings. The lowest BCUT2D eigenvalue weighted by molar-refractivity contribution is -0.160. The van der Waals surface area contributed by atoms with Crippen LogP contribution in [0.5, 0.6) is 5.75 Å². The molecule has 0 spiro atoms. The van der Waals surface area contributed by atoms with Crippen molar-refractivity contribution in [3.63, 3.8) is 0 Å². The van der Waals surface area contributed by atoms with Crippen LogP contribution in [-0.2, 0) is 14.8 Å². The molecule has 0 unspecified atom stereocenters. The van der Waals surface area contributed by atoms with Crippen molar-refractivity contribution in [2.24, 2.45) is 17.3 Å². The summed E-state index contributed by atoms with van der Waals surface area (Å²) >= 11 is 6.82. The molecule has 2 atom stereocenters. The molecule has 1 aromatic carbocycles. The third kappa shape index (κ3) is 3.19. The molecule has 5 rings (SSSR count). The Labute approximate surface area is 166 Å². The maximum atomic E-state index is 13.3. The van der Waals surface area contributed by atoms with E-state index in [1.165, 1.54) is 14.1 Å². The van der Waals surface area contributed by atoms with Crippen LogP contribution in [-0.4, -0.2) is 37.7 Å². The fraction of sp³-hybridized carbons (Fsp3) is 0.650. The number of aryl methyl sites for hydroxylation is 1. The summed E-state index contributed by atoms with van der Waals surface area (Å²) in [6.07, 6.45) is 5.34. The van der Waals surface area contributed by atoms with Crippen LogP contribution in [0.15, 0.2) is 23.1 Å². The molecule has 4 bridgehead atoms. The number of benzene rings is 1. The summed E-state index contributed by atoms with van der Waals surface area (Å²) in [5.41, 5.74) is 0.223. The maximum absolute atomic E-state index is 13.3. The molecule has 5 nitrogen and oxygen atoms in total. The van der Waals surface area contributed by atoms with Crippen molar-refractivity contribution < 1.29 is 17.9 Å². The van der Waals surface area contributed by atoms with Crippen LogP contribution in [0.2, 0.25) is 0 Å². The minimum Gasteiger partial charge on any atom is -0.425 e. The summed E-state index contributed by atoms with van der Waals surface area (Å²) in [4.78, 5) is 13.0. The third-order valence-electron chi connectivity index (χ3n) is 6.48. The number of carbonyl (C=O) groups excluding carboxylic acids is 1. The van der Waals surface area contributed by atoms with Crippen molar-refractivity contribution in [2.75, 3.05) is 14.1 Å². The highest BCUT2D eigenvalue weighted by atomic mass is 35.5. The Morgan fingerprint density at radius 1 is 1.19 bits per heavy atom. The lowest BCUT2D eigenvalue weighted by Gasteiger charge is -2.58. The third-order valence-corrected chi connectivity index (χ3v) is 8.76. The summed E-state index contributed by atoms with van der Waals surface area (Å²) in [7, 11) is -0.770. The lowest BCUT2D eigenvalue weighted by atomic mass is 9.49. The molecule has 4 aliphatic carbocycles. The van der Waals surface area contributed by atoms with Crippen LogP contribution in [0.4, 0.5) is 0 Å². The lowest BCUT2D eigenvalue weighted by Crippen LogP contribution is -2.57. The Morgan fingerprint density at radius 2 is 1.81 bits per heavy atom. The molecule has 0 N–H and O–H groups in total. The number of nitrogens with zero attached hydrogens (tertiary/aromatic N) is 1. The molecule has 0 aromatic heterocycles. The molecule has 0 amide bonds. The number of alkyl halides is 1. The Morgan fingerprint density at radius 3 is 2.37 bits per heavy atom. The van der Waals surface area contributed by atoms with Gasteiger partial charge in [-0.05, 0) is 75.0 Å². The summed E-state index contributed by atoms with van der Waals surface area (Å²) < 4.78 is 32.3. The zero-order chi connectivity index (χ0) is 19.6. The van der Waals surface area contributed by atoms with Gasteiger partial charge in [-0.25, -0.2) is 12.7 Å². The highest BCUT2D eigenvalue weighted by Gasteiger charge is 2.61. The Bertz CT molecular complexity index is 881. The smallest absolute Gasteiger partial charge is 0.317 e. The SMILES string of the molecule is Cc1ccc(OC(=O)C23C[C@@H]4C[C@H](CC(Cl)(C4)C2)C3)c(S(=O)(=O)N(C)C)c1.